The average Bonchev–Trinajstić information content (AvgIpc) is 2.50. The summed E-state index contributed by atoms with van der Waals surface area (Å²) in [5.74, 6) is 0. The summed E-state index contributed by atoms with van der Waals surface area (Å²) in [6.07, 6.45) is -14.3. The molecule has 0 aliphatic carbocycles. The smallest absolute Gasteiger partial charge is 0.189 e. The monoisotopic (exact) mass is 326 g/mol. The van der Waals surface area contributed by atoms with Crippen LogP contribution < -0.4 is 0 Å². The minimum Gasteiger partial charge on any atom is -0.394 e. The van der Waals surface area contributed by atoms with Crippen LogP contribution in [-0.4, -0.2) is 104 Å². The lowest BCUT2D eigenvalue weighted by Crippen LogP contribution is -2.63. The van der Waals surface area contributed by atoms with E-state index < -0.39 is 68.0 Å². The van der Waals surface area contributed by atoms with Gasteiger partial charge in [-0.1, -0.05) is 0 Å². The highest BCUT2D eigenvalue weighted by atomic mass is 16.8. The number of hydrogen-bond donors (Lipinski definition) is 7. The van der Waals surface area contributed by atoms with Crippen LogP contribution in [0.1, 0.15) is 6.92 Å². The van der Waals surface area contributed by atoms with Crippen LogP contribution in [0.15, 0.2) is 0 Å². The van der Waals surface area contributed by atoms with E-state index in [9.17, 15) is 30.6 Å². The highest BCUT2D eigenvalue weighted by Gasteiger charge is 2.48. The molecule has 0 amide bonds. The van der Waals surface area contributed by atoms with E-state index in [0.29, 0.717) is 0 Å². The number of rotatable bonds is 3. The first kappa shape index (κ1) is 17.9. The van der Waals surface area contributed by atoms with E-state index in [1.54, 1.807) is 0 Å². The molecule has 10 atom stereocenters. The third-order valence-electron chi connectivity index (χ3n) is 3.93. The van der Waals surface area contributed by atoms with Gasteiger partial charge < -0.3 is 50.0 Å². The average molecular weight is 326 g/mol. The maximum Gasteiger partial charge on any atom is 0.189 e. The molecule has 2 fully saturated rings. The summed E-state index contributed by atoms with van der Waals surface area (Å²) in [4.78, 5) is 0. The summed E-state index contributed by atoms with van der Waals surface area (Å²) in [7, 11) is 0. The molecule has 2 aliphatic heterocycles. The molecule has 0 aromatic carbocycles. The zero-order valence-corrected chi connectivity index (χ0v) is 11.8. The lowest BCUT2D eigenvalue weighted by atomic mass is 9.98. The van der Waals surface area contributed by atoms with Crippen LogP contribution in [0.2, 0.25) is 0 Å². The van der Waals surface area contributed by atoms with Crippen molar-refractivity contribution < 1.29 is 50.0 Å². The Morgan fingerprint density at radius 3 is 1.77 bits per heavy atom. The normalized spacial score (nSPS) is 53.5. The van der Waals surface area contributed by atoms with E-state index in [4.69, 9.17) is 19.3 Å². The number of aliphatic hydroxyl groups excluding tert-OH is 7. The number of hydrogen-bond acceptors (Lipinski definition) is 10. The Morgan fingerprint density at radius 1 is 0.727 bits per heavy atom. The summed E-state index contributed by atoms with van der Waals surface area (Å²) < 4.78 is 15.5. The van der Waals surface area contributed by atoms with Crippen LogP contribution in [0.3, 0.4) is 0 Å². The van der Waals surface area contributed by atoms with Gasteiger partial charge in [0.2, 0.25) is 0 Å². The van der Waals surface area contributed by atoms with Crippen molar-refractivity contribution in [2.75, 3.05) is 6.61 Å². The Morgan fingerprint density at radius 2 is 1.23 bits per heavy atom. The quantitative estimate of drug-likeness (QED) is 0.269. The fraction of sp³-hybridized carbons (Fsp3) is 1.00. The topological polar surface area (TPSA) is 169 Å². The van der Waals surface area contributed by atoms with Crippen LogP contribution in [0.25, 0.3) is 0 Å². The SMILES string of the molecule is C[C@H]1OC(OC2OC(CO)C(O)C(O)C2O)[C@@H](O)[C@@H](O)[C@@H]1O. The Bertz CT molecular complexity index is 366. The van der Waals surface area contributed by atoms with Crippen molar-refractivity contribution in [2.45, 2.75) is 68.3 Å². The summed E-state index contributed by atoms with van der Waals surface area (Å²) >= 11 is 0. The maximum atomic E-state index is 9.83. The minimum absolute atomic E-state index is 0.628. The number of aliphatic hydroxyl groups is 7. The van der Waals surface area contributed by atoms with Crippen LogP contribution >= 0.6 is 0 Å². The number of ether oxygens (including phenoxy) is 3. The fourth-order valence-corrected chi connectivity index (χ4v) is 2.44. The molecule has 0 aromatic heterocycles. The van der Waals surface area contributed by atoms with Gasteiger partial charge in [-0.3, -0.25) is 0 Å². The van der Waals surface area contributed by atoms with Crippen LogP contribution in [-0.2, 0) is 14.2 Å². The Balaban J connectivity index is 2.05. The van der Waals surface area contributed by atoms with Gasteiger partial charge in [0.25, 0.3) is 0 Å². The third kappa shape index (κ3) is 3.26. The molecule has 7 N–H and O–H groups in total. The van der Waals surface area contributed by atoms with E-state index in [1.165, 1.54) is 6.92 Å². The largest absolute Gasteiger partial charge is 0.394 e. The summed E-state index contributed by atoms with van der Waals surface area (Å²) in [6, 6.07) is 0. The molecule has 0 saturated carbocycles. The molecule has 0 aromatic rings. The van der Waals surface area contributed by atoms with Gasteiger partial charge in [0.05, 0.1) is 12.7 Å². The van der Waals surface area contributed by atoms with Crippen molar-refractivity contribution in [2.24, 2.45) is 0 Å². The van der Waals surface area contributed by atoms with Crippen LogP contribution in [0, 0.1) is 0 Å². The molecule has 6 unspecified atom stereocenters. The molecule has 0 spiro atoms. The molecule has 10 heteroatoms. The van der Waals surface area contributed by atoms with Gasteiger partial charge in [0.15, 0.2) is 12.6 Å². The molecule has 2 saturated heterocycles. The first-order chi connectivity index (χ1) is 10.3. The van der Waals surface area contributed by atoms with Crippen molar-refractivity contribution in [1.29, 1.82) is 0 Å². The van der Waals surface area contributed by atoms with E-state index in [-0.39, 0.29) is 0 Å². The van der Waals surface area contributed by atoms with Crippen molar-refractivity contribution in [3.63, 3.8) is 0 Å². The summed E-state index contributed by atoms with van der Waals surface area (Å²) in [6.45, 7) is 0.819. The minimum atomic E-state index is -1.66. The van der Waals surface area contributed by atoms with Gasteiger partial charge in [-0.05, 0) is 6.92 Å². The second-order valence-corrected chi connectivity index (χ2v) is 5.51. The fourth-order valence-electron chi connectivity index (χ4n) is 2.44. The lowest BCUT2D eigenvalue weighted by molar-refractivity contribution is -0.373. The Labute approximate surface area is 126 Å². The third-order valence-corrected chi connectivity index (χ3v) is 3.93. The van der Waals surface area contributed by atoms with Gasteiger partial charge >= 0.3 is 0 Å². The molecule has 130 valence electrons. The van der Waals surface area contributed by atoms with Crippen molar-refractivity contribution in [3.05, 3.63) is 0 Å². The molecular formula is C12H22O10. The molecule has 0 bridgehead atoms. The van der Waals surface area contributed by atoms with Gasteiger partial charge in [0.1, 0.15) is 42.7 Å². The van der Waals surface area contributed by atoms with Gasteiger partial charge in [0, 0.05) is 0 Å². The van der Waals surface area contributed by atoms with Crippen molar-refractivity contribution in [3.8, 4) is 0 Å². The van der Waals surface area contributed by atoms with Crippen molar-refractivity contribution >= 4 is 0 Å². The second kappa shape index (κ2) is 7.01. The zero-order chi connectivity index (χ0) is 16.6. The predicted octanol–water partition coefficient (Wildman–Crippen LogP) is -4.37. The van der Waals surface area contributed by atoms with Crippen LogP contribution in [0.5, 0.6) is 0 Å². The van der Waals surface area contributed by atoms with E-state index in [2.05, 4.69) is 0 Å². The summed E-state index contributed by atoms with van der Waals surface area (Å²) in [5, 5.41) is 67.3. The molecule has 0 radical (unpaired) electrons. The van der Waals surface area contributed by atoms with Crippen molar-refractivity contribution in [1.82, 2.24) is 0 Å². The zero-order valence-electron chi connectivity index (χ0n) is 11.8. The first-order valence-corrected chi connectivity index (χ1v) is 6.93. The predicted molar refractivity (Wildman–Crippen MR) is 67.2 cm³/mol. The second-order valence-electron chi connectivity index (χ2n) is 5.51. The summed E-state index contributed by atoms with van der Waals surface area (Å²) in [5.41, 5.74) is 0. The molecule has 2 heterocycles. The van der Waals surface area contributed by atoms with Gasteiger partial charge in [-0.2, -0.15) is 0 Å². The maximum absolute atomic E-state index is 9.83. The highest BCUT2D eigenvalue weighted by Crippen LogP contribution is 2.27. The molecule has 2 aliphatic rings. The standard InChI is InChI=1S/C12H22O10/c1-3-5(14)7(16)9(18)11(20-3)22-12-10(19)8(17)6(15)4(2-13)21-12/h3-19H,2H2,1H3/t3-,4?,5-,6?,7+,8?,9+,10?,11?,12?/m1/s1. The molecule has 10 nitrogen and oxygen atoms in total. The van der Waals surface area contributed by atoms with E-state index >= 15 is 0 Å². The van der Waals surface area contributed by atoms with Gasteiger partial charge in [-0.25, -0.2) is 0 Å². The highest BCUT2D eigenvalue weighted by molar-refractivity contribution is 4.91. The Kier molecular flexibility index (Phi) is 5.72. The Hall–Kier alpha value is -0.400. The van der Waals surface area contributed by atoms with E-state index in [0.717, 1.165) is 0 Å². The molecule has 22 heavy (non-hydrogen) atoms. The lowest BCUT2D eigenvalue weighted by Gasteiger charge is -2.44. The van der Waals surface area contributed by atoms with Crippen LogP contribution in [0.4, 0.5) is 0 Å². The molecule has 2 rings (SSSR count). The van der Waals surface area contributed by atoms with Gasteiger partial charge in [-0.15, -0.1) is 0 Å². The first-order valence-electron chi connectivity index (χ1n) is 6.93. The molecular weight excluding hydrogens is 304 g/mol. The van der Waals surface area contributed by atoms with E-state index in [1.807, 2.05) is 0 Å².